The summed E-state index contributed by atoms with van der Waals surface area (Å²) in [5.41, 5.74) is 3.83. The fourth-order valence-corrected chi connectivity index (χ4v) is 4.66. The van der Waals surface area contributed by atoms with Crippen LogP contribution >= 0.6 is 0 Å². The second-order valence-electron chi connectivity index (χ2n) is 8.98. The van der Waals surface area contributed by atoms with Crippen LogP contribution in [0, 0.1) is 5.82 Å². The van der Waals surface area contributed by atoms with Crippen LogP contribution in [0.5, 0.6) is 0 Å². The first-order valence-corrected chi connectivity index (χ1v) is 12.2. The van der Waals surface area contributed by atoms with E-state index in [9.17, 15) is 18.8 Å². The first-order chi connectivity index (χ1) is 18.0. The third-order valence-corrected chi connectivity index (χ3v) is 6.54. The van der Waals surface area contributed by atoms with Crippen LogP contribution in [0.4, 0.5) is 10.1 Å². The number of para-hydroxylation sites is 2. The quantitative estimate of drug-likeness (QED) is 0.374. The second kappa shape index (κ2) is 10.7. The van der Waals surface area contributed by atoms with Crippen LogP contribution in [0.15, 0.2) is 79.0 Å². The molecule has 5 rings (SSSR count). The molecule has 0 fully saturated rings. The molecule has 8 heteroatoms. The van der Waals surface area contributed by atoms with Gasteiger partial charge in [0.2, 0.25) is 0 Å². The van der Waals surface area contributed by atoms with E-state index in [2.05, 4.69) is 10.3 Å². The van der Waals surface area contributed by atoms with Gasteiger partial charge in [-0.2, -0.15) is 0 Å². The maximum absolute atomic E-state index is 13.3. The lowest BCUT2D eigenvalue weighted by Gasteiger charge is -2.29. The highest BCUT2D eigenvalue weighted by molar-refractivity contribution is 5.99. The van der Waals surface area contributed by atoms with E-state index in [4.69, 9.17) is 4.74 Å². The number of anilines is 1. The summed E-state index contributed by atoms with van der Waals surface area (Å²) in [6, 6.07) is 19.3. The van der Waals surface area contributed by atoms with E-state index >= 15 is 0 Å². The second-order valence-corrected chi connectivity index (χ2v) is 8.98. The van der Waals surface area contributed by atoms with Crippen LogP contribution in [0.1, 0.15) is 27.9 Å². The van der Waals surface area contributed by atoms with Crippen LogP contribution < -0.4 is 10.2 Å². The Morgan fingerprint density at radius 1 is 1.00 bits per heavy atom. The number of aromatic nitrogens is 1. The van der Waals surface area contributed by atoms with Crippen LogP contribution in [-0.4, -0.2) is 42.0 Å². The summed E-state index contributed by atoms with van der Waals surface area (Å²) in [6.07, 6.45) is 3.65. The van der Waals surface area contributed by atoms with Gasteiger partial charge in [0.25, 0.3) is 11.8 Å². The van der Waals surface area contributed by atoms with Crippen molar-refractivity contribution in [1.29, 1.82) is 0 Å². The molecule has 1 aromatic heterocycles. The number of hydrogen-bond acceptors (Lipinski definition) is 4. The zero-order valence-electron chi connectivity index (χ0n) is 20.1. The van der Waals surface area contributed by atoms with Gasteiger partial charge in [0.05, 0.1) is 0 Å². The van der Waals surface area contributed by atoms with Crippen LogP contribution in [0.3, 0.4) is 0 Å². The molecule has 188 valence electrons. The molecule has 1 aliphatic heterocycles. The Balaban J connectivity index is 1.32. The molecule has 0 saturated heterocycles. The Labute approximate surface area is 213 Å². The molecule has 2 amide bonds. The number of aromatic amines is 1. The largest absolute Gasteiger partial charge is 0.454 e. The van der Waals surface area contributed by atoms with Gasteiger partial charge in [-0.1, -0.05) is 36.4 Å². The van der Waals surface area contributed by atoms with E-state index in [0.717, 1.165) is 40.6 Å². The fourth-order valence-electron chi connectivity index (χ4n) is 4.66. The van der Waals surface area contributed by atoms with Gasteiger partial charge in [0, 0.05) is 41.3 Å². The summed E-state index contributed by atoms with van der Waals surface area (Å²) in [4.78, 5) is 43.8. The average molecular weight is 500 g/mol. The summed E-state index contributed by atoms with van der Waals surface area (Å²) in [5, 5.41) is 3.61. The zero-order chi connectivity index (χ0) is 25.8. The van der Waals surface area contributed by atoms with Gasteiger partial charge in [0.1, 0.15) is 11.9 Å². The Morgan fingerprint density at radius 2 is 1.76 bits per heavy atom. The molecule has 1 unspecified atom stereocenters. The minimum atomic E-state index is -1.06. The lowest BCUT2D eigenvalue weighted by Crippen LogP contribution is -2.45. The molecule has 3 aromatic carbocycles. The molecule has 37 heavy (non-hydrogen) atoms. The molecular weight excluding hydrogens is 473 g/mol. The standard InChI is InChI=1S/C29H26FN3O4/c30-22-13-11-20(12-14-22)28(35)32-25(16-21-17-31-24-9-3-2-8-23(21)24)29(36)37-18-27(34)33-15-5-7-19-6-1-4-10-26(19)33/h1-4,6,8-14,17,25,31H,5,7,15-16,18H2,(H,32,35). The van der Waals surface area contributed by atoms with Crippen LogP contribution in [0.2, 0.25) is 0 Å². The highest BCUT2D eigenvalue weighted by atomic mass is 19.1. The van der Waals surface area contributed by atoms with Gasteiger partial charge in [-0.25, -0.2) is 9.18 Å². The molecule has 7 nitrogen and oxygen atoms in total. The normalized spacial score (nSPS) is 13.6. The number of carbonyl (C=O) groups excluding carboxylic acids is 3. The lowest BCUT2D eigenvalue weighted by molar-refractivity contribution is -0.149. The van der Waals surface area contributed by atoms with Crippen molar-refractivity contribution in [3.05, 3.63) is 102 Å². The van der Waals surface area contributed by atoms with E-state index < -0.39 is 30.3 Å². The number of benzene rings is 3. The molecule has 0 radical (unpaired) electrons. The summed E-state index contributed by atoms with van der Waals surface area (Å²) in [5.74, 6) is -2.06. The van der Waals surface area contributed by atoms with Crippen molar-refractivity contribution >= 4 is 34.4 Å². The van der Waals surface area contributed by atoms with Gasteiger partial charge >= 0.3 is 5.97 Å². The fraction of sp³-hybridized carbons (Fsp3) is 0.207. The number of ether oxygens (including phenoxy) is 1. The lowest BCUT2D eigenvalue weighted by atomic mass is 10.0. The van der Waals surface area contributed by atoms with E-state index in [0.29, 0.717) is 6.54 Å². The third-order valence-electron chi connectivity index (χ3n) is 6.54. The van der Waals surface area contributed by atoms with Crippen molar-refractivity contribution in [3.63, 3.8) is 0 Å². The zero-order valence-corrected chi connectivity index (χ0v) is 20.1. The Kier molecular flexibility index (Phi) is 6.98. The number of aryl methyl sites for hydroxylation is 1. The number of nitrogens with zero attached hydrogens (tertiary/aromatic N) is 1. The Morgan fingerprint density at radius 3 is 2.59 bits per heavy atom. The molecule has 0 bridgehead atoms. The predicted molar refractivity (Wildman–Crippen MR) is 138 cm³/mol. The molecule has 0 spiro atoms. The van der Waals surface area contributed by atoms with Crippen molar-refractivity contribution in [2.45, 2.75) is 25.3 Å². The number of hydrogen-bond donors (Lipinski definition) is 2. The summed E-state index contributed by atoms with van der Waals surface area (Å²) < 4.78 is 18.8. The maximum atomic E-state index is 13.3. The average Bonchev–Trinajstić information content (AvgIpc) is 3.34. The van der Waals surface area contributed by atoms with E-state index in [1.165, 1.54) is 24.3 Å². The molecule has 0 aliphatic carbocycles. The number of fused-ring (bicyclic) bond motifs is 2. The highest BCUT2D eigenvalue weighted by Gasteiger charge is 2.28. The number of rotatable bonds is 7. The van der Waals surface area contributed by atoms with Gasteiger partial charge < -0.3 is 19.9 Å². The summed E-state index contributed by atoms with van der Waals surface area (Å²) >= 11 is 0. The SMILES string of the molecule is O=C(NC(Cc1c[nH]c2ccccc12)C(=O)OCC(=O)N1CCCc2ccccc21)c1ccc(F)cc1. The topological polar surface area (TPSA) is 91.5 Å². The smallest absolute Gasteiger partial charge is 0.329 e. The molecule has 1 atom stereocenters. The number of carbonyl (C=O) groups is 3. The molecule has 4 aromatic rings. The van der Waals surface area contributed by atoms with Gasteiger partial charge in [-0.05, 0) is 60.4 Å². The maximum Gasteiger partial charge on any atom is 0.329 e. The highest BCUT2D eigenvalue weighted by Crippen LogP contribution is 2.27. The summed E-state index contributed by atoms with van der Waals surface area (Å²) in [6.45, 7) is 0.109. The predicted octanol–water partition coefficient (Wildman–Crippen LogP) is 4.17. The minimum absolute atomic E-state index is 0.149. The number of esters is 1. The van der Waals surface area contributed by atoms with Gasteiger partial charge in [0.15, 0.2) is 6.61 Å². The monoisotopic (exact) mass is 499 g/mol. The van der Waals surface area contributed by atoms with Gasteiger partial charge in [-0.15, -0.1) is 0 Å². The number of halogens is 1. The van der Waals surface area contributed by atoms with E-state index in [1.807, 2.05) is 48.5 Å². The Bertz CT molecular complexity index is 1450. The number of amides is 2. The van der Waals surface area contributed by atoms with Crippen molar-refractivity contribution in [2.75, 3.05) is 18.1 Å². The van der Waals surface area contributed by atoms with Gasteiger partial charge in [-0.3, -0.25) is 9.59 Å². The van der Waals surface area contributed by atoms with Crippen LogP contribution in [0.25, 0.3) is 10.9 Å². The van der Waals surface area contributed by atoms with Crippen molar-refractivity contribution in [3.8, 4) is 0 Å². The Hall–Kier alpha value is -4.46. The van der Waals surface area contributed by atoms with Crippen molar-refractivity contribution in [2.24, 2.45) is 0 Å². The minimum Gasteiger partial charge on any atom is -0.454 e. The number of nitrogens with one attached hydrogen (secondary N) is 2. The third kappa shape index (κ3) is 5.38. The summed E-state index contributed by atoms with van der Waals surface area (Å²) in [7, 11) is 0. The first-order valence-electron chi connectivity index (χ1n) is 12.2. The molecule has 2 N–H and O–H groups in total. The number of H-pyrrole nitrogens is 1. The van der Waals surface area contributed by atoms with E-state index in [1.54, 1.807) is 11.1 Å². The molecule has 2 heterocycles. The molecule has 0 saturated carbocycles. The van der Waals surface area contributed by atoms with Crippen molar-refractivity contribution in [1.82, 2.24) is 10.3 Å². The molecule has 1 aliphatic rings. The first kappa shape index (κ1) is 24.2. The van der Waals surface area contributed by atoms with E-state index in [-0.39, 0.29) is 17.9 Å². The van der Waals surface area contributed by atoms with Crippen molar-refractivity contribution < 1.29 is 23.5 Å². The van der Waals surface area contributed by atoms with Crippen LogP contribution in [-0.2, 0) is 27.2 Å². The molecular formula is C29H26FN3O4.